The summed E-state index contributed by atoms with van der Waals surface area (Å²) in [4.78, 5) is 17.6. The molecule has 1 amide bonds. The molecule has 36 heavy (non-hydrogen) atoms. The number of amides is 1. The zero-order valence-corrected chi connectivity index (χ0v) is 20.6. The van der Waals surface area contributed by atoms with E-state index in [0.717, 1.165) is 47.4 Å². The van der Waals surface area contributed by atoms with E-state index in [9.17, 15) is 4.79 Å². The highest BCUT2D eigenvalue weighted by molar-refractivity contribution is 5.88. The van der Waals surface area contributed by atoms with Gasteiger partial charge in [0.2, 0.25) is 5.91 Å². The average Bonchev–Trinajstić information content (AvgIpc) is 3.29. The Labute approximate surface area is 211 Å². The maximum Gasteiger partial charge on any atom is 0.220 e. The second-order valence-electron chi connectivity index (χ2n) is 9.06. The number of nitrogens with one attached hydrogen (secondary N) is 1. The van der Waals surface area contributed by atoms with Crippen molar-refractivity contribution >= 4 is 27.7 Å². The van der Waals surface area contributed by atoms with Gasteiger partial charge in [0, 0.05) is 18.4 Å². The van der Waals surface area contributed by atoms with Crippen LogP contribution in [-0.4, -0.2) is 22.1 Å². The molecular weight excluding hydrogens is 446 g/mol. The molecule has 0 aliphatic heterocycles. The summed E-state index contributed by atoms with van der Waals surface area (Å²) in [5, 5.41) is 5.45. The van der Waals surface area contributed by atoms with Crippen molar-refractivity contribution < 1.29 is 9.53 Å². The summed E-state index contributed by atoms with van der Waals surface area (Å²) in [5.41, 5.74) is 3.18. The molecule has 1 N–H and O–H groups in total. The number of rotatable bonds is 10. The van der Waals surface area contributed by atoms with Gasteiger partial charge in [0.15, 0.2) is 0 Å². The molecule has 0 radical (unpaired) electrons. The van der Waals surface area contributed by atoms with Crippen molar-refractivity contribution in [3.05, 3.63) is 108 Å². The van der Waals surface area contributed by atoms with Crippen molar-refractivity contribution in [3.63, 3.8) is 0 Å². The highest BCUT2D eigenvalue weighted by atomic mass is 16.5. The maximum absolute atomic E-state index is 12.7. The third kappa shape index (κ3) is 5.41. The Morgan fingerprint density at radius 2 is 1.67 bits per heavy atom. The van der Waals surface area contributed by atoms with Crippen LogP contribution in [0.15, 0.2) is 97.1 Å². The minimum absolute atomic E-state index is 0.0317. The lowest BCUT2D eigenvalue weighted by atomic mass is 10.1. The van der Waals surface area contributed by atoms with Crippen LogP contribution < -0.4 is 10.1 Å². The van der Waals surface area contributed by atoms with E-state index in [-0.39, 0.29) is 11.9 Å². The Balaban J connectivity index is 1.24. The number of para-hydroxylation sites is 2. The number of carbonyl (C=O) groups is 1. The summed E-state index contributed by atoms with van der Waals surface area (Å²) in [5.74, 6) is 1.81. The van der Waals surface area contributed by atoms with Gasteiger partial charge in [-0.05, 0) is 48.9 Å². The molecule has 4 aromatic carbocycles. The number of aryl methyl sites for hydroxylation is 2. The lowest BCUT2D eigenvalue weighted by Crippen LogP contribution is -2.29. The molecule has 1 heterocycles. The standard InChI is InChI=1S/C31H31N3O2/c1-23(32-30(35)20-19-24-11-3-2-4-12-24)31-33-27-16-7-8-17-28(27)34(31)21-10-22-36-29-18-9-14-25-13-5-6-15-26(25)29/h2-9,11-18,23H,10,19-22H2,1H3,(H,32,35). The van der Waals surface area contributed by atoms with Crippen LogP contribution in [0.5, 0.6) is 5.75 Å². The average molecular weight is 478 g/mol. The van der Waals surface area contributed by atoms with Gasteiger partial charge in [-0.15, -0.1) is 0 Å². The van der Waals surface area contributed by atoms with Gasteiger partial charge >= 0.3 is 0 Å². The molecule has 182 valence electrons. The number of fused-ring (bicyclic) bond motifs is 2. The van der Waals surface area contributed by atoms with E-state index < -0.39 is 0 Å². The lowest BCUT2D eigenvalue weighted by molar-refractivity contribution is -0.121. The molecule has 0 aliphatic carbocycles. The Morgan fingerprint density at radius 3 is 2.56 bits per heavy atom. The third-order valence-corrected chi connectivity index (χ3v) is 6.47. The molecule has 5 heteroatoms. The molecule has 0 aliphatic rings. The van der Waals surface area contributed by atoms with Crippen molar-refractivity contribution in [2.45, 2.75) is 38.8 Å². The largest absolute Gasteiger partial charge is 0.493 e. The van der Waals surface area contributed by atoms with Gasteiger partial charge < -0.3 is 14.6 Å². The van der Waals surface area contributed by atoms with E-state index in [1.807, 2.05) is 67.6 Å². The van der Waals surface area contributed by atoms with Crippen LogP contribution in [-0.2, 0) is 17.8 Å². The first kappa shape index (κ1) is 23.6. The first-order valence-corrected chi connectivity index (χ1v) is 12.6. The maximum atomic E-state index is 12.7. The molecule has 5 aromatic rings. The Morgan fingerprint density at radius 1 is 0.917 bits per heavy atom. The highest BCUT2D eigenvalue weighted by Crippen LogP contribution is 2.26. The molecule has 0 spiro atoms. The van der Waals surface area contributed by atoms with Crippen molar-refractivity contribution in [1.29, 1.82) is 0 Å². The number of imidazole rings is 1. The fourth-order valence-corrected chi connectivity index (χ4v) is 4.67. The zero-order chi connectivity index (χ0) is 24.7. The van der Waals surface area contributed by atoms with Gasteiger partial charge in [-0.2, -0.15) is 0 Å². The van der Waals surface area contributed by atoms with Crippen molar-refractivity contribution in [2.75, 3.05) is 6.61 Å². The molecule has 5 nitrogen and oxygen atoms in total. The van der Waals surface area contributed by atoms with Crippen LogP contribution >= 0.6 is 0 Å². The minimum atomic E-state index is -0.195. The first-order chi connectivity index (χ1) is 17.7. The Bertz CT molecular complexity index is 1450. The zero-order valence-electron chi connectivity index (χ0n) is 20.6. The van der Waals surface area contributed by atoms with Crippen molar-refractivity contribution in [2.24, 2.45) is 0 Å². The SMILES string of the molecule is CC(NC(=O)CCc1ccccc1)c1nc2ccccc2n1CCCOc1cccc2ccccc12. The quantitative estimate of drug-likeness (QED) is 0.235. The summed E-state index contributed by atoms with van der Waals surface area (Å²) in [6.45, 7) is 3.35. The predicted octanol–water partition coefficient (Wildman–Crippen LogP) is 6.47. The predicted molar refractivity (Wildman–Crippen MR) is 145 cm³/mol. The van der Waals surface area contributed by atoms with Crippen LogP contribution in [0, 0.1) is 0 Å². The summed E-state index contributed by atoms with van der Waals surface area (Å²) in [6.07, 6.45) is 2.00. The number of hydrogen-bond donors (Lipinski definition) is 1. The summed E-state index contributed by atoms with van der Waals surface area (Å²) in [6, 6.07) is 32.4. The van der Waals surface area contributed by atoms with Crippen LogP contribution in [0.4, 0.5) is 0 Å². The van der Waals surface area contributed by atoms with Gasteiger partial charge in [0.1, 0.15) is 11.6 Å². The molecular formula is C31H31N3O2. The second-order valence-corrected chi connectivity index (χ2v) is 9.06. The van der Waals surface area contributed by atoms with E-state index in [2.05, 4.69) is 46.3 Å². The molecule has 0 bridgehead atoms. The van der Waals surface area contributed by atoms with Gasteiger partial charge in [-0.1, -0.05) is 78.9 Å². The van der Waals surface area contributed by atoms with Crippen molar-refractivity contribution in [1.82, 2.24) is 14.9 Å². The molecule has 1 atom stereocenters. The fourth-order valence-electron chi connectivity index (χ4n) is 4.67. The number of nitrogens with zero attached hydrogens (tertiary/aromatic N) is 2. The van der Waals surface area contributed by atoms with E-state index in [0.29, 0.717) is 13.0 Å². The van der Waals surface area contributed by atoms with Crippen LogP contribution in [0.1, 0.15) is 37.2 Å². The normalized spacial score (nSPS) is 12.0. The summed E-state index contributed by atoms with van der Waals surface area (Å²) in [7, 11) is 0. The van der Waals surface area contributed by atoms with E-state index in [1.54, 1.807) is 0 Å². The lowest BCUT2D eigenvalue weighted by Gasteiger charge is -2.17. The van der Waals surface area contributed by atoms with E-state index >= 15 is 0 Å². The number of carbonyl (C=O) groups excluding carboxylic acids is 1. The van der Waals surface area contributed by atoms with E-state index in [4.69, 9.17) is 9.72 Å². The number of ether oxygens (including phenoxy) is 1. The van der Waals surface area contributed by atoms with Crippen LogP contribution in [0.25, 0.3) is 21.8 Å². The van der Waals surface area contributed by atoms with Crippen LogP contribution in [0.2, 0.25) is 0 Å². The fraction of sp³-hybridized carbons (Fsp3) is 0.226. The Kier molecular flexibility index (Phi) is 7.27. The van der Waals surface area contributed by atoms with Gasteiger partial charge in [-0.3, -0.25) is 4.79 Å². The topological polar surface area (TPSA) is 56.2 Å². The summed E-state index contributed by atoms with van der Waals surface area (Å²) < 4.78 is 8.38. The van der Waals surface area contributed by atoms with Crippen molar-refractivity contribution in [3.8, 4) is 5.75 Å². The number of benzene rings is 4. The van der Waals surface area contributed by atoms with Gasteiger partial charge in [0.25, 0.3) is 0 Å². The number of aromatic nitrogens is 2. The Hall–Kier alpha value is -4.12. The summed E-state index contributed by atoms with van der Waals surface area (Å²) >= 11 is 0. The minimum Gasteiger partial charge on any atom is -0.493 e. The van der Waals surface area contributed by atoms with Gasteiger partial charge in [-0.25, -0.2) is 4.98 Å². The molecule has 1 aromatic heterocycles. The molecule has 1 unspecified atom stereocenters. The highest BCUT2D eigenvalue weighted by Gasteiger charge is 2.18. The van der Waals surface area contributed by atoms with Gasteiger partial charge in [0.05, 0.1) is 23.7 Å². The van der Waals surface area contributed by atoms with Crippen LogP contribution in [0.3, 0.4) is 0 Å². The third-order valence-electron chi connectivity index (χ3n) is 6.47. The molecule has 5 rings (SSSR count). The first-order valence-electron chi connectivity index (χ1n) is 12.6. The molecule has 0 saturated carbocycles. The smallest absolute Gasteiger partial charge is 0.220 e. The monoisotopic (exact) mass is 477 g/mol. The second kappa shape index (κ2) is 11.1. The number of hydrogen-bond acceptors (Lipinski definition) is 3. The van der Waals surface area contributed by atoms with E-state index in [1.165, 1.54) is 10.9 Å². The molecule has 0 saturated heterocycles. The molecule has 0 fully saturated rings.